The van der Waals surface area contributed by atoms with Crippen LogP contribution in [0.25, 0.3) is 10.9 Å². The highest BCUT2D eigenvalue weighted by molar-refractivity contribution is 5.86. The zero-order valence-electron chi connectivity index (χ0n) is 17.2. The van der Waals surface area contributed by atoms with E-state index in [1.807, 2.05) is 60.7 Å². The summed E-state index contributed by atoms with van der Waals surface area (Å²) in [5, 5.41) is 15.5. The molecule has 1 saturated carbocycles. The molecule has 1 unspecified atom stereocenters. The predicted molar refractivity (Wildman–Crippen MR) is 122 cm³/mol. The van der Waals surface area contributed by atoms with Gasteiger partial charge in [-0.1, -0.05) is 36.4 Å². The molecule has 2 aromatic carbocycles. The van der Waals surface area contributed by atoms with Crippen LogP contribution in [0.2, 0.25) is 0 Å². The lowest BCUT2D eigenvalue weighted by Crippen LogP contribution is -2.15. The summed E-state index contributed by atoms with van der Waals surface area (Å²) in [6.07, 6.45) is 8.41. The second kappa shape index (κ2) is 8.64. The molecule has 0 radical (unpaired) electrons. The number of nitrogens with zero attached hydrogens (tertiary/aromatic N) is 2. The molecular weight excluding hydrogens is 386 g/mol. The van der Waals surface area contributed by atoms with Gasteiger partial charge < -0.3 is 15.2 Å². The fourth-order valence-electron chi connectivity index (χ4n) is 4.28. The standard InChI is InChI=1S/C26H25N3O2/c30-26-22(14-13-18-8-6-16-28-25(18)26)24(29-23-12-3-4-15-27-23)19-7-5-11-21(17-19)31-20-9-1-2-10-20/h3-8,11-17,20,24,30H,1-2,9-10H2,(H,27,29). The van der Waals surface area contributed by atoms with Crippen LogP contribution in [0.15, 0.2) is 79.1 Å². The highest BCUT2D eigenvalue weighted by atomic mass is 16.5. The molecule has 1 aliphatic rings. The number of hydrogen-bond acceptors (Lipinski definition) is 5. The third-order valence-corrected chi connectivity index (χ3v) is 5.84. The Morgan fingerprint density at radius 3 is 2.61 bits per heavy atom. The molecule has 1 atom stereocenters. The topological polar surface area (TPSA) is 67.3 Å². The van der Waals surface area contributed by atoms with E-state index in [2.05, 4.69) is 21.4 Å². The molecule has 4 aromatic rings. The Kier molecular flexibility index (Phi) is 5.40. The first kappa shape index (κ1) is 19.4. The normalized spacial score (nSPS) is 15.1. The maximum atomic E-state index is 11.1. The quantitative estimate of drug-likeness (QED) is 0.416. The highest BCUT2D eigenvalue weighted by Crippen LogP contribution is 2.37. The molecule has 5 heteroatoms. The minimum atomic E-state index is -0.312. The van der Waals surface area contributed by atoms with Gasteiger partial charge in [-0.05, 0) is 61.6 Å². The van der Waals surface area contributed by atoms with E-state index in [0.717, 1.165) is 40.9 Å². The number of hydrogen-bond donors (Lipinski definition) is 2. The van der Waals surface area contributed by atoms with E-state index in [9.17, 15) is 5.11 Å². The van der Waals surface area contributed by atoms with Crippen LogP contribution in [0.5, 0.6) is 11.5 Å². The van der Waals surface area contributed by atoms with Crippen molar-refractivity contribution in [2.24, 2.45) is 0 Å². The van der Waals surface area contributed by atoms with Gasteiger partial charge in [-0.25, -0.2) is 4.98 Å². The molecule has 2 aromatic heterocycles. The van der Waals surface area contributed by atoms with Crippen LogP contribution < -0.4 is 10.1 Å². The average molecular weight is 412 g/mol. The smallest absolute Gasteiger partial charge is 0.147 e. The Hall–Kier alpha value is -3.60. The summed E-state index contributed by atoms with van der Waals surface area (Å²) in [5.74, 6) is 1.76. The van der Waals surface area contributed by atoms with Gasteiger partial charge in [-0.15, -0.1) is 0 Å². The Labute approximate surface area is 181 Å². The molecule has 0 bridgehead atoms. The van der Waals surface area contributed by atoms with E-state index < -0.39 is 0 Å². The van der Waals surface area contributed by atoms with Crippen LogP contribution in [0, 0.1) is 0 Å². The molecular formula is C26H25N3O2. The second-order valence-corrected chi connectivity index (χ2v) is 7.97. The van der Waals surface area contributed by atoms with Crippen molar-refractivity contribution in [1.29, 1.82) is 0 Å². The number of fused-ring (bicyclic) bond motifs is 1. The minimum absolute atomic E-state index is 0.175. The van der Waals surface area contributed by atoms with E-state index in [4.69, 9.17) is 4.74 Å². The molecule has 31 heavy (non-hydrogen) atoms. The number of anilines is 1. The number of aromatic nitrogens is 2. The zero-order chi connectivity index (χ0) is 21.0. The molecule has 5 nitrogen and oxygen atoms in total. The van der Waals surface area contributed by atoms with Gasteiger partial charge in [0.15, 0.2) is 0 Å². The molecule has 1 aliphatic carbocycles. The van der Waals surface area contributed by atoms with E-state index >= 15 is 0 Å². The van der Waals surface area contributed by atoms with E-state index in [1.165, 1.54) is 12.8 Å². The summed E-state index contributed by atoms with van der Waals surface area (Å²) in [5.41, 5.74) is 2.33. The number of pyridine rings is 2. The molecule has 2 heterocycles. The molecule has 2 N–H and O–H groups in total. The third kappa shape index (κ3) is 4.17. The third-order valence-electron chi connectivity index (χ3n) is 5.84. The summed E-state index contributed by atoms with van der Waals surface area (Å²) in [4.78, 5) is 8.82. The van der Waals surface area contributed by atoms with Crippen LogP contribution in [-0.4, -0.2) is 21.2 Å². The van der Waals surface area contributed by atoms with Gasteiger partial charge in [0.25, 0.3) is 0 Å². The minimum Gasteiger partial charge on any atom is -0.505 e. The molecule has 0 saturated heterocycles. The van der Waals surface area contributed by atoms with Crippen molar-refractivity contribution < 1.29 is 9.84 Å². The van der Waals surface area contributed by atoms with Gasteiger partial charge >= 0.3 is 0 Å². The van der Waals surface area contributed by atoms with Crippen LogP contribution in [0.3, 0.4) is 0 Å². The zero-order valence-corrected chi connectivity index (χ0v) is 17.2. The average Bonchev–Trinajstić information content (AvgIpc) is 3.32. The maximum absolute atomic E-state index is 11.1. The highest BCUT2D eigenvalue weighted by Gasteiger charge is 2.22. The Morgan fingerprint density at radius 2 is 1.77 bits per heavy atom. The van der Waals surface area contributed by atoms with E-state index in [-0.39, 0.29) is 17.9 Å². The SMILES string of the molecule is Oc1c(C(Nc2ccccn2)c2cccc(OC3CCCC3)c2)ccc2cccnc12. The number of ether oxygens (including phenoxy) is 1. The fraction of sp³-hybridized carbons (Fsp3) is 0.231. The predicted octanol–water partition coefficient (Wildman–Crippen LogP) is 5.86. The lowest BCUT2D eigenvalue weighted by atomic mass is 9.96. The Bertz CT molecular complexity index is 1170. The lowest BCUT2D eigenvalue weighted by Gasteiger charge is -2.23. The van der Waals surface area contributed by atoms with Gasteiger partial charge in [0.05, 0.1) is 12.1 Å². The largest absolute Gasteiger partial charge is 0.505 e. The van der Waals surface area contributed by atoms with Crippen LogP contribution in [-0.2, 0) is 0 Å². The Balaban J connectivity index is 1.56. The second-order valence-electron chi connectivity index (χ2n) is 7.97. The monoisotopic (exact) mass is 411 g/mol. The van der Waals surface area contributed by atoms with Gasteiger partial charge in [-0.2, -0.15) is 0 Å². The van der Waals surface area contributed by atoms with Crippen molar-refractivity contribution in [3.8, 4) is 11.5 Å². The first-order valence-corrected chi connectivity index (χ1v) is 10.8. The summed E-state index contributed by atoms with van der Waals surface area (Å²) >= 11 is 0. The first-order valence-electron chi connectivity index (χ1n) is 10.8. The van der Waals surface area contributed by atoms with E-state index in [0.29, 0.717) is 5.52 Å². The molecule has 1 fully saturated rings. The van der Waals surface area contributed by atoms with Crippen LogP contribution >= 0.6 is 0 Å². The molecule has 156 valence electrons. The summed E-state index contributed by atoms with van der Waals surface area (Å²) < 4.78 is 6.23. The van der Waals surface area contributed by atoms with Gasteiger partial charge in [0, 0.05) is 23.3 Å². The molecule has 0 spiro atoms. The summed E-state index contributed by atoms with van der Waals surface area (Å²) in [6.45, 7) is 0. The maximum Gasteiger partial charge on any atom is 0.147 e. The van der Waals surface area contributed by atoms with Gasteiger partial charge in [0.1, 0.15) is 22.8 Å². The number of nitrogens with one attached hydrogen (secondary N) is 1. The molecule has 5 rings (SSSR count). The van der Waals surface area contributed by atoms with Crippen molar-refractivity contribution in [2.75, 3.05) is 5.32 Å². The van der Waals surface area contributed by atoms with Crippen molar-refractivity contribution >= 4 is 16.7 Å². The van der Waals surface area contributed by atoms with Gasteiger partial charge in [0.2, 0.25) is 0 Å². The van der Waals surface area contributed by atoms with Gasteiger partial charge in [-0.3, -0.25) is 4.98 Å². The number of aromatic hydroxyl groups is 1. The molecule has 0 amide bonds. The number of benzene rings is 2. The number of phenolic OH excluding ortho intramolecular Hbond substituents is 1. The van der Waals surface area contributed by atoms with Crippen molar-refractivity contribution in [3.63, 3.8) is 0 Å². The van der Waals surface area contributed by atoms with Crippen LogP contribution in [0.4, 0.5) is 5.82 Å². The summed E-state index contributed by atoms with van der Waals surface area (Å²) in [7, 11) is 0. The van der Waals surface area contributed by atoms with E-state index in [1.54, 1.807) is 12.4 Å². The lowest BCUT2D eigenvalue weighted by molar-refractivity contribution is 0.210. The van der Waals surface area contributed by atoms with Crippen molar-refractivity contribution in [2.45, 2.75) is 37.8 Å². The fourth-order valence-corrected chi connectivity index (χ4v) is 4.28. The van der Waals surface area contributed by atoms with Crippen LogP contribution in [0.1, 0.15) is 42.9 Å². The summed E-state index contributed by atoms with van der Waals surface area (Å²) in [6, 6.07) is 21.3. The molecule has 0 aliphatic heterocycles. The van der Waals surface area contributed by atoms with Crippen molar-refractivity contribution in [1.82, 2.24) is 9.97 Å². The first-order chi connectivity index (χ1) is 15.3. The van der Waals surface area contributed by atoms with Crippen molar-refractivity contribution in [3.05, 3.63) is 90.3 Å². The Morgan fingerprint density at radius 1 is 0.903 bits per heavy atom. The number of rotatable bonds is 6. The number of phenols is 1.